The minimum Gasteiger partial charge on any atom is -0.480 e. The Balaban J connectivity index is 2.53. The number of hydrogen-bond donors (Lipinski definition) is 2. The summed E-state index contributed by atoms with van der Waals surface area (Å²) in [7, 11) is 2.00. The third-order valence-electron chi connectivity index (χ3n) is 3.58. The highest BCUT2D eigenvalue weighted by molar-refractivity contribution is 5.85. The molecule has 7 heteroatoms. The zero-order chi connectivity index (χ0) is 15.3. The fourth-order valence-electron chi connectivity index (χ4n) is 2.20. The van der Waals surface area contributed by atoms with Crippen molar-refractivity contribution in [3.8, 4) is 0 Å². The van der Waals surface area contributed by atoms with Crippen LogP contribution < -0.4 is 5.32 Å². The molecule has 0 radical (unpaired) electrons. The van der Waals surface area contributed by atoms with E-state index in [0.29, 0.717) is 19.7 Å². The fourth-order valence-corrected chi connectivity index (χ4v) is 2.20. The molecule has 1 aliphatic rings. The van der Waals surface area contributed by atoms with Gasteiger partial charge in [0.15, 0.2) is 0 Å². The molecule has 1 fully saturated rings. The number of ether oxygens (including phenoxy) is 1. The number of morpholine rings is 1. The molecule has 2 N–H and O–H groups in total. The predicted molar refractivity (Wildman–Crippen MR) is 74.7 cm³/mol. The molecule has 0 aromatic carbocycles. The minimum absolute atomic E-state index is 0.0515. The van der Waals surface area contributed by atoms with Gasteiger partial charge in [-0.05, 0) is 27.8 Å². The Labute approximate surface area is 119 Å². The van der Waals surface area contributed by atoms with Crippen LogP contribution in [-0.2, 0) is 9.53 Å². The van der Waals surface area contributed by atoms with Crippen LogP contribution in [0.5, 0.6) is 0 Å². The first kappa shape index (κ1) is 16.7. The zero-order valence-electron chi connectivity index (χ0n) is 12.7. The fraction of sp³-hybridized carbons (Fsp3) is 0.846. The Kier molecular flexibility index (Phi) is 5.76. The molecule has 0 saturated carbocycles. The van der Waals surface area contributed by atoms with Gasteiger partial charge in [0.2, 0.25) is 0 Å². The third-order valence-corrected chi connectivity index (χ3v) is 3.58. The van der Waals surface area contributed by atoms with Crippen LogP contribution in [0.15, 0.2) is 0 Å². The van der Waals surface area contributed by atoms with Crippen molar-refractivity contribution in [3.05, 3.63) is 0 Å². The highest BCUT2D eigenvalue weighted by Crippen LogP contribution is 2.14. The van der Waals surface area contributed by atoms with E-state index in [9.17, 15) is 14.7 Å². The number of carbonyl (C=O) groups excluding carboxylic acids is 1. The van der Waals surface area contributed by atoms with E-state index in [2.05, 4.69) is 10.2 Å². The largest absolute Gasteiger partial charge is 0.480 e. The Morgan fingerprint density at radius 3 is 2.65 bits per heavy atom. The van der Waals surface area contributed by atoms with Gasteiger partial charge in [0.05, 0.1) is 12.7 Å². The summed E-state index contributed by atoms with van der Waals surface area (Å²) >= 11 is 0. The summed E-state index contributed by atoms with van der Waals surface area (Å²) in [5, 5.41) is 11.9. The summed E-state index contributed by atoms with van der Waals surface area (Å²) in [6.07, 6.45) is -0.0515. The molecular weight excluding hydrogens is 262 g/mol. The van der Waals surface area contributed by atoms with E-state index in [0.717, 1.165) is 13.1 Å². The number of urea groups is 1. The van der Waals surface area contributed by atoms with Gasteiger partial charge >= 0.3 is 12.0 Å². The lowest BCUT2D eigenvalue weighted by Gasteiger charge is -2.35. The van der Waals surface area contributed by atoms with E-state index < -0.39 is 11.5 Å². The average Bonchev–Trinajstić information content (AvgIpc) is 2.36. The van der Waals surface area contributed by atoms with E-state index in [1.54, 1.807) is 6.92 Å². The molecule has 116 valence electrons. The van der Waals surface area contributed by atoms with Gasteiger partial charge in [-0.15, -0.1) is 0 Å². The SMILES string of the molecule is CCN(C(=O)NCC1CN(C)CCO1)C(C)(C)C(=O)O. The van der Waals surface area contributed by atoms with E-state index in [-0.39, 0.29) is 12.1 Å². The third kappa shape index (κ3) is 4.08. The summed E-state index contributed by atoms with van der Waals surface area (Å²) in [6, 6.07) is -0.378. The van der Waals surface area contributed by atoms with Gasteiger partial charge in [-0.2, -0.15) is 0 Å². The van der Waals surface area contributed by atoms with Crippen LogP contribution in [0.3, 0.4) is 0 Å². The molecule has 1 aliphatic heterocycles. The van der Waals surface area contributed by atoms with Crippen molar-refractivity contribution in [1.29, 1.82) is 0 Å². The van der Waals surface area contributed by atoms with Crippen molar-refractivity contribution in [2.75, 3.05) is 39.8 Å². The number of rotatable bonds is 5. The highest BCUT2D eigenvalue weighted by atomic mass is 16.5. The summed E-state index contributed by atoms with van der Waals surface area (Å²) in [4.78, 5) is 26.8. The number of carboxylic acid groups (broad SMARTS) is 1. The van der Waals surface area contributed by atoms with E-state index in [1.807, 2.05) is 7.05 Å². The maximum atomic E-state index is 12.1. The van der Waals surface area contributed by atoms with Crippen LogP contribution in [0.1, 0.15) is 20.8 Å². The molecule has 0 bridgehead atoms. The maximum absolute atomic E-state index is 12.1. The van der Waals surface area contributed by atoms with Crippen molar-refractivity contribution < 1.29 is 19.4 Å². The monoisotopic (exact) mass is 287 g/mol. The molecule has 1 rings (SSSR count). The number of carboxylic acids is 1. The average molecular weight is 287 g/mol. The topological polar surface area (TPSA) is 82.1 Å². The van der Waals surface area contributed by atoms with Crippen LogP contribution in [0, 0.1) is 0 Å². The second-order valence-electron chi connectivity index (χ2n) is 5.55. The lowest BCUT2D eigenvalue weighted by Crippen LogP contribution is -2.57. The maximum Gasteiger partial charge on any atom is 0.329 e. The summed E-state index contributed by atoms with van der Waals surface area (Å²) in [5.41, 5.74) is -1.23. The molecule has 1 heterocycles. The molecule has 1 unspecified atom stereocenters. The van der Waals surface area contributed by atoms with Crippen LogP contribution in [-0.4, -0.2) is 78.4 Å². The quantitative estimate of drug-likeness (QED) is 0.755. The lowest BCUT2D eigenvalue weighted by molar-refractivity contribution is -0.147. The highest BCUT2D eigenvalue weighted by Gasteiger charge is 2.37. The van der Waals surface area contributed by atoms with Gasteiger partial charge in [-0.25, -0.2) is 9.59 Å². The summed E-state index contributed by atoms with van der Waals surface area (Å²) < 4.78 is 5.55. The second-order valence-corrected chi connectivity index (χ2v) is 5.55. The van der Waals surface area contributed by atoms with Crippen LogP contribution in [0.25, 0.3) is 0 Å². The molecule has 0 spiro atoms. The molecule has 20 heavy (non-hydrogen) atoms. The molecule has 1 atom stereocenters. The Morgan fingerprint density at radius 2 is 2.15 bits per heavy atom. The number of nitrogens with one attached hydrogen (secondary N) is 1. The second kappa shape index (κ2) is 6.90. The first-order valence-electron chi connectivity index (χ1n) is 6.88. The zero-order valence-corrected chi connectivity index (χ0v) is 12.7. The van der Waals surface area contributed by atoms with E-state index in [1.165, 1.54) is 18.7 Å². The standard InChI is InChI=1S/C13H25N3O4/c1-5-16(13(2,3)11(17)18)12(19)14-8-10-9-15(4)6-7-20-10/h10H,5-9H2,1-4H3,(H,14,19)(H,17,18). The molecular formula is C13H25N3O4. The first-order valence-corrected chi connectivity index (χ1v) is 6.88. The molecule has 2 amide bonds. The van der Waals surface area contributed by atoms with Crippen molar-refractivity contribution >= 4 is 12.0 Å². The van der Waals surface area contributed by atoms with Crippen molar-refractivity contribution in [3.63, 3.8) is 0 Å². The summed E-state index contributed by atoms with van der Waals surface area (Å²) in [6.45, 7) is 7.80. The lowest BCUT2D eigenvalue weighted by atomic mass is 10.0. The number of nitrogens with zero attached hydrogens (tertiary/aromatic N) is 2. The number of aliphatic carboxylic acids is 1. The number of amides is 2. The Morgan fingerprint density at radius 1 is 1.50 bits per heavy atom. The molecule has 0 aliphatic carbocycles. The van der Waals surface area contributed by atoms with Gasteiger partial charge < -0.3 is 25.0 Å². The molecule has 0 aromatic heterocycles. The van der Waals surface area contributed by atoms with Gasteiger partial charge in [-0.1, -0.05) is 0 Å². The number of carbonyl (C=O) groups is 2. The van der Waals surface area contributed by atoms with Gasteiger partial charge in [-0.3, -0.25) is 0 Å². The minimum atomic E-state index is -1.23. The predicted octanol–water partition coefficient (Wildman–Crippen LogP) is 0.212. The summed E-state index contributed by atoms with van der Waals surface area (Å²) in [5.74, 6) is -1.02. The first-order chi connectivity index (χ1) is 9.28. The van der Waals surface area contributed by atoms with Gasteiger partial charge in [0, 0.05) is 26.2 Å². The normalized spacial score (nSPS) is 20.5. The van der Waals surface area contributed by atoms with Crippen molar-refractivity contribution in [2.45, 2.75) is 32.4 Å². The van der Waals surface area contributed by atoms with E-state index in [4.69, 9.17) is 4.74 Å². The van der Waals surface area contributed by atoms with E-state index >= 15 is 0 Å². The number of hydrogen-bond acceptors (Lipinski definition) is 4. The Bertz CT molecular complexity index is 360. The van der Waals surface area contributed by atoms with Gasteiger partial charge in [0.25, 0.3) is 0 Å². The van der Waals surface area contributed by atoms with Crippen LogP contribution >= 0.6 is 0 Å². The smallest absolute Gasteiger partial charge is 0.329 e. The van der Waals surface area contributed by atoms with Crippen LogP contribution in [0.4, 0.5) is 4.79 Å². The molecule has 7 nitrogen and oxygen atoms in total. The van der Waals surface area contributed by atoms with Crippen molar-refractivity contribution in [1.82, 2.24) is 15.1 Å². The van der Waals surface area contributed by atoms with Crippen LogP contribution in [0.2, 0.25) is 0 Å². The molecule has 1 saturated heterocycles. The molecule has 0 aromatic rings. The van der Waals surface area contributed by atoms with Gasteiger partial charge in [0.1, 0.15) is 5.54 Å². The Hall–Kier alpha value is -1.34. The van der Waals surface area contributed by atoms with Crippen molar-refractivity contribution in [2.24, 2.45) is 0 Å². The number of likely N-dealkylation sites (N-methyl/N-ethyl adjacent to an activating group) is 2.